The Hall–Kier alpha value is -1.90. The van der Waals surface area contributed by atoms with Crippen LogP contribution in [0.1, 0.15) is 18.5 Å². The molecule has 0 aliphatic carbocycles. The second-order valence-electron chi connectivity index (χ2n) is 3.81. The van der Waals surface area contributed by atoms with Crippen LogP contribution >= 0.6 is 0 Å². The predicted molar refractivity (Wildman–Crippen MR) is 65.1 cm³/mol. The van der Waals surface area contributed by atoms with Crippen LogP contribution in [-0.2, 0) is 0 Å². The summed E-state index contributed by atoms with van der Waals surface area (Å²) in [6, 6.07) is 6.15. The fourth-order valence-electron chi connectivity index (χ4n) is 1.68. The van der Waals surface area contributed by atoms with Gasteiger partial charge in [0.1, 0.15) is 0 Å². The Morgan fingerprint density at radius 2 is 2.19 bits per heavy atom. The predicted octanol–water partition coefficient (Wildman–Crippen LogP) is 3.00. The minimum absolute atomic E-state index is 0.173. The Kier molecular flexibility index (Phi) is 2.86. The molecule has 0 saturated heterocycles. The van der Waals surface area contributed by atoms with E-state index in [0.717, 1.165) is 17.0 Å². The van der Waals surface area contributed by atoms with E-state index in [1.807, 2.05) is 22.9 Å². The number of pyridine rings is 1. The molecule has 0 radical (unpaired) electrons. The molecule has 82 valence electrons. The molecule has 2 aromatic rings. The van der Waals surface area contributed by atoms with E-state index < -0.39 is 0 Å². The van der Waals surface area contributed by atoms with Gasteiger partial charge in [-0.1, -0.05) is 12.1 Å². The van der Waals surface area contributed by atoms with Crippen molar-refractivity contribution in [2.24, 2.45) is 0 Å². The van der Waals surface area contributed by atoms with Crippen LogP contribution in [0.2, 0.25) is 0 Å². The Labute approximate surface area is 95.5 Å². The molecular weight excluding hydrogens is 198 g/mol. The van der Waals surface area contributed by atoms with Gasteiger partial charge in [-0.15, -0.1) is 6.58 Å². The number of nitrogens with zero attached hydrogens (tertiary/aromatic N) is 3. The number of hydrogen-bond acceptors (Lipinski definition) is 2. The number of rotatable bonds is 3. The van der Waals surface area contributed by atoms with Gasteiger partial charge in [0.05, 0.1) is 17.4 Å². The summed E-state index contributed by atoms with van der Waals surface area (Å²) in [7, 11) is 0. The topological polar surface area (TPSA) is 30.7 Å². The van der Waals surface area contributed by atoms with Crippen molar-refractivity contribution in [2.45, 2.75) is 19.9 Å². The second kappa shape index (κ2) is 4.31. The fourth-order valence-corrected chi connectivity index (χ4v) is 1.68. The molecule has 16 heavy (non-hydrogen) atoms. The van der Waals surface area contributed by atoms with Crippen LogP contribution < -0.4 is 0 Å². The minimum Gasteiger partial charge on any atom is -0.257 e. The monoisotopic (exact) mass is 213 g/mol. The molecule has 0 aliphatic heterocycles. The van der Waals surface area contributed by atoms with Gasteiger partial charge in [-0.05, 0) is 31.5 Å². The second-order valence-corrected chi connectivity index (χ2v) is 3.81. The first-order valence-corrected chi connectivity index (χ1v) is 5.32. The molecule has 2 heterocycles. The van der Waals surface area contributed by atoms with Crippen molar-refractivity contribution in [2.75, 3.05) is 0 Å². The molecule has 1 unspecified atom stereocenters. The lowest BCUT2D eigenvalue weighted by atomic mass is 10.1. The van der Waals surface area contributed by atoms with E-state index >= 15 is 0 Å². The zero-order chi connectivity index (χ0) is 11.5. The van der Waals surface area contributed by atoms with Crippen LogP contribution in [0.15, 0.2) is 43.2 Å². The SMILES string of the molecule is C=CC(C)n1nccc1-c1ncccc1C. The van der Waals surface area contributed by atoms with E-state index in [1.165, 1.54) is 0 Å². The van der Waals surface area contributed by atoms with Gasteiger partial charge in [-0.3, -0.25) is 9.67 Å². The first kappa shape index (κ1) is 10.6. The standard InChI is InChI=1S/C13H15N3/c1-4-11(3)16-12(7-9-15-16)13-10(2)6-5-8-14-13/h4-9,11H,1H2,2-3H3. The smallest absolute Gasteiger partial charge is 0.0912 e. The molecule has 0 bridgehead atoms. The van der Waals surface area contributed by atoms with Crippen molar-refractivity contribution in [3.63, 3.8) is 0 Å². The van der Waals surface area contributed by atoms with Crippen molar-refractivity contribution >= 4 is 0 Å². The molecule has 0 N–H and O–H groups in total. The van der Waals surface area contributed by atoms with Crippen LogP contribution in [0.3, 0.4) is 0 Å². The lowest BCUT2D eigenvalue weighted by Crippen LogP contribution is -2.06. The number of hydrogen-bond donors (Lipinski definition) is 0. The van der Waals surface area contributed by atoms with Gasteiger partial charge in [-0.25, -0.2) is 0 Å². The molecule has 0 aliphatic rings. The van der Waals surface area contributed by atoms with E-state index in [0.29, 0.717) is 0 Å². The third-order valence-corrected chi connectivity index (χ3v) is 2.65. The minimum atomic E-state index is 0.173. The maximum atomic E-state index is 4.40. The van der Waals surface area contributed by atoms with Gasteiger partial charge >= 0.3 is 0 Å². The van der Waals surface area contributed by atoms with E-state index in [1.54, 1.807) is 12.4 Å². The van der Waals surface area contributed by atoms with Crippen molar-refractivity contribution in [1.29, 1.82) is 0 Å². The van der Waals surface area contributed by atoms with Crippen molar-refractivity contribution < 1.29 is 0 Å². The van der Waals surface area contributed by atoms with Crippen LogP contribution in [0, 0.1) is 6.92 Å². The number of aromatic nitrogens is 3. The average Bonchev–Trinajstić information content (AvgIpc) is 2.77. The van der Waals surface area contributed by atoms with Crippen molar-refractivity contribution in [3.05, 3.63) is 48.8 Å². The normalized spacial score (nSPS) is 12.4. The summed E-state index contributed by atoms with van der Waals surface area (Å²) in [5.41, 5.74) is 3.17. The van der Waals surface area contributed by atoms with E-state index in [2.05, 4.69) is 36.6 Å². The quantitative estimate of drug-likeness (QED) is 0.734. The van der Waals surface area contributed by atoms with Gasteiger partial charge in [0.25, 0.3) is 0 Å². The highest BCUT2D eigenvalue weighted by molar-refractivity contribution is 5.58. The molecule has 3 nitrogen and oxygen atoms in total. The molecule has 0 amide bonds. The van der Waals surface area contributed by atoms with E-state index in [4.69, 9.17) is 0 Å². The summed E-state index contributed by atoms with van der Waals surface area (Å²) in [6.07, 6.45) is 5.47. The Morgan fingerprint density at radius 1 is 1.38 bits per heavy atom. The summed E-state index contributed by atoms with van der Waals surface area (Å²) < 4.78 is 1.93. The highest BCUT2D eigenvalue weighted by Gasteiger charge is 2.11. The molecule has 3 heteroatoms. The number of allylic oxidation sites excluding steroid dienone is 1. The van der Waals surface area contributed by atoms with Crippen LogP contribution in [-0.4, -0.2) is 14.8 Å². The van der Waals surface area contributed by atoms with Gasteiger partial charge in [0.15, 0.2) is 0 Å². The Morgan fingerprint density at radius 3 is 2.88 bits per heavy atom. The molecule has 1 atom stereocenters. The molecule has 0 aromatic carbocycles. The fraction of sp³-hybridized carbons (Fsp3) is 0.231. The molecular formula is C13H15N3. The molecule has 0 fully saturated rings. The third kappa shape index (κ3) is 1.76. The van der Waals surface area contributed by atoms with E-state index in [-0.39, 0.29) is 6.04 Å². The summed E-state index contributed by atoms with van der Waals surface area (Å²) in [5.74, 6) is 0. The van der Waals surface area contributed by atoms with Gasteiger partial charge in [0, 0.05) is 12.4 Å². The Bertz CT molecular complexity index is 499. The van der Waals surface area contributed by atoms with Crippen LogP contribution in [0.4, 0.5) is 0 Å². The summed E-state index contributed by atoms with van der Waals surface area (Å²) in [5, 5.41) is 4.31. The van der Waals surface area contributed by atoms with Gasteiger partial charge in [-0.2, -0.15) is 5.10 Å². The van der Waals surface area contributed by atoms with Crippen molar-refractivity contribution in [1.82, 2.24) is 14.8 Å². The first-order chi connectivity index (χ1) is 7.74. The molecule has 0 spiro atoms. The van der Waals surface area contributed by atoms with Crippen LogP contribution in [0.25, 0.3) is 11.4 Å². The van der Waals surface area contributed by atoms with Gasteiger partial charge < -0.3 is 0 Å². The molecule has 2 rings (SSSR count). The van der Waals surface area contributed by atoms with Crippen molar-refractivity contribution in [3.8, 4) is 11.4 Å². The maximum Gasteiger partial charge on any atom is 0.0912 e. The summed E-state index contributed by atoms with van der Waals surface area (Å²) in [6.45, 7) is 7.90. The molecule has 2 aromatic heterocycles. The number of aryl methyl sites for hydroxylation is 1. The summed E-state index contributed by atoms with van der Waals surface area (Å²) in [4.78, 5) is 4.40. The zero-order valence-electron chi connectivity index (χ0n) is 9.59. The zero-order valence-corrected chi connectivity index (χ0v) is 9.59. The average molecular weight is 213 g/mol. The highest BCUT2D eigenvalue weighted by Crippen LogP contribution is 2.23. The third-order valence-electron chi connectivity index (χ3n) is 2.65. The lowest BCUT2D eigenvalue weighted by molar-refractivity contribution is 0.587. The largest absolute Gasteiger partial charge is 0.257 e. The summed E-state index contributed by atoms with van der Waals surface area (Å²) >= 11 is 0. The van der Waals surface area contributed by atoms with Gasteiger partial charge in [0.2, 0.25) is 0 Å². The van der Waals surface area contributed by atoms with Crippen LogP contribution in [0.5, 0.6) is 0 Å². The van der Waals surface area contributed by atoms with E-state index in [9.17, 15) is 0 Å². The first-order valence-electron chi connectivity index (χ1n) is 5.32. The molecule has 0 saturated carbocycles. The Balaban J connectivity index is 2.53. The lowest BCUT2D eigenvalue weighted by Gasteiger charge is -2.12. The highest BCUT2D eigenvalue weighted by atomic mass is 15.3. The maximum absolute atomic E-state index is 4.40.